The molecule has 1 aliphatic rings. The van der Waals surface area contributed by atoms with Gasteiger partial charge in [-0.25, -0.2) is 9.80 Å². The number of amides is 2. The first-order valence-electron chi connectivity index (χ1n) is 12.5. The number of urea groups is 1. The molecule has 0 saturated carbocycles. The third-order valence-corrected chi connectivity index (χ3v) is 6.46. The van der Waals surface area contributed by atoms with Gasteiger partial charge in [-0.15, -0.1) is 0 Å². The highest BCUT2D eigenvalue weighted by Crippen LogP contribution is 2.29. The van der Waals surface area contributed by atoms with Gasteiger partial charge < -0.3 is 10.8 Å². The minimum Gasteiger partial charge on any atom is -0.508 e. The maximum absolute atomic E-state index is 13.9. The van der Waals surface area contributed by atoms with Crippen LogP contribution in [0.1, 0.15) is 29.5 Å². The molecule has 5 rings (SSSR count). The van der Waals surface area contributed by atoms with Gasteiger partial charge in [0.25, 0.3) is 0 Å². The second-order valence-electron chi connectivity index (χ2n) is 9.10. The monoisotopic (exact) mass is 490 g/mol. The van der Waals surface area contributed by atoms with Crippen LogP contribution < -0.4 is 10.6 Å². The summed E-state index contributed by atoms with van der Waals surface area (Å²) in [6, 6.07) is 29.2. The molecule has 4 aromatic rings. The summed E-state index contributed by atoms with van der Waals surface area (Å²) in [5.74, 6) is 0.218. The highest BCUT2D eigenvalue weighted by molar-refractivity contribution is 6.17. The molecule has 1 aliphatic heterocycles. The molecular formula is C31H30N4O2. The van der Waals surface area contributed by atoms with E-state index < -0.39 is 0 Å². The fourth-order valence-electron chi connectivity index (χ4n) is 4.50. The smallest absolute Gasteiger partial charge is 0.345 e. The lowest BCUT2D eigenvalue weighted by Gasteiger charge is -2.27. The van der Waals surface area contributed by atoms with E-state index in [1.807, 2.05) is 65.6 Å². The van der Waals surface area contributed by atoms with Crippen molar-refractivity contribution in [3.63, 3.8) is 0 Å². The van der Waals surface area contributed by atoms with Crippen LogP contribution in [0.25, 0.3) is 16.8 Å². The highest BCUT2D eigenvalue weighted by atomic mass is 16.3. The fraction of sp³-hybridized carbons (Fsp3) is 0.161. The van der Waals surface area contributed by atoms with Crippen LogP contribution in [0, 0.1) is 0 Å². The molecule has 4 aromatic carbocycles. The summed E-state index contributed by atoms with van der Waals surface area (Å²) < 4.78 is 0. The SMILES string of the molecule is NCCCCN1N=C(C=Cc2ccc(O)cc2)c2ccccc2N(Cc2ccc3ccccc3c2)C1=O. The van der Waals surface area contributed by atoms with E-state index in [0.717, 1.165) is 40.6 Å². The Morgan fingerprint density at radius 2 is 1.59 bits per heavy atom. The molecule has 0 aliphatic carbocycles. The largest absolute Gasteiger partial charge is 0.508 e. The summed E-state index contributed by atoms with van der Waals surface area (Å²) in [4.78, 5) is 15.7. The number of phenols is 1. The van der Waals surface area contributed by atoms with E-state index in [9.17, 15) is 9.90 Å². The topological polar surface area (TPSA) is 82.2 Å². The zero-order valence-corrected chi connectivity index (χ0v) is 20.6. The van der Waals surface area contributed by atoms with Crippen LogP contribution >= 0.6 is 0 Å². The molecule has 0 saturated heterocycles. The first-order valence-corrected chi connectivity index (χ1v) is 12.5. The summed E-state index contributed by atoms with van der Waals surface area (Å²) in [6.07, 6.45) is 5.45. The van der Waals surface area contributed by atoms with Crippen LogP contribution in [0.4, 0.5) is 10.5 Å². The minimum atomic E-state index is -0.161. The number of para-hydroxylation sites is 1. The van der Waals surface area contributed by atoms with E-state index in [1.165, 1.54) is 5.39 Å². The van der Waals surface area contributed by atoms with Gasteiger partial charge in [-0.05, 0) is 71.6 Å². The van der Waals surface area contributed by atoms with Crippen molar-refractivity contribution in [2.75, 3.05) is 18.0 Å². The molecule has 6 heteroatoms. The number of phenolic OH excluding ortho intramolecular Hbond substituents is 1. The Bertz CT molecular complexity index is 1460. The number of hydrogen-bond donors (Lipinski definition) is 2. The Morgan fingerprint density at radius 1 is 0.838 bits per heavy atom. The van der Waals surface area contributed by atoms with E-state index in [0.29, 0.717) is 25.3 Å². The third kappa shape index (κ3) is 5.55. The van der Waals surface area contributed by atoms with Crippen molar-refractivity contribution < 1.29 is 9.90 Å². The van der Waals surface area contributed by atoms with E-state index >= 15 is 0 Å². The van der Waals surface area contributed by atoms with Gasteiger partial charge in [0.1, 0.15) is 5.75 Å². The lowest BCUT2D eigenvalue weighted by Crippen LogP contribution is -2.40. The van der Waals surface area contributed by atoms with Crippen molar-refractivity contribution in [1.29, 1.82) is 0 Å². The van der Waals surface area contributed by atoms with Crippen LogP contribution in [-0.2, 0) is 6.54 Å². The number of fused-ring (bicyclic) bond motifs is 2. The number of carbonyl (C=O) groups is 1. The molecule has 37 heavy (non-hydrogen) atoms. The van der Waals surface area contributed by atoms with Gasteiger partial charge in [0.05, 0.1) is 17.9 Å². The Morgan fingerprint density at radius 3 is 2.41 bits per heavy atom. The number of carbonyl (C=O) groups excluding carboxylic acids is 1. The normalized spacial score (nSPS) is 13.6. The molecular weight excluding hydrogens is 460 g/mol. The van der Waals surface area contributed by atoms with Gasteiger partial charge in [0, 0.05) is 12.1 Å². The molecule has 0 spiro atoms. The molecule has 0 bridgehead atoms. The van der Waals surface area contributed by atoms with Crippen LogP contribution in [-0.4, -0.2) is 34.9 Å². The lowest BCUT2D eigenvalue weighted by atomic mass is 10.0. The van der Waals surface area contributed by atoms with E-state index in [4.69, 9.17) is 10.8 Å². The Balaban J connectivity index is 1.54. The van der Waals surface area contributed by atoms with Crippen LogP contribution in [0.5, 0.6) is 5.75 Å². The van der Waals surface area contributed by atoms with Crippen molar-refractivity contribution in [2.24, 2.45) is 10.8 Å². The van der Waals surface area contributed by atoms with E-state index in [2.05, 4.69) is 30.3 Å². The highest BCUT2D eigenvalue weighted by Gasteiger charge is 2.29. The first kappa shape index (κ1) is 24.3. The number of unbranched alkanes of at least 4 members (excludes halogenated alkanes) is 1. The zero-order chi connectivity index (χ0) is 25.6. The minimum absolute atomic E-state index is 0.161. The zero-order valence-electron chi connectivity index (χ0n) is 20.6. The first-order chi connectivity index (χ1) is 18.1. The predicted octanol–water partition coefficient (Wildman–Crippen LogP) is 6.14. The number of anilines is 1. The third-order valence-electron chi connectivity index (χ3n) is 6.46. The summed E-state index contributed by atoms with van der Waals surface area (Å²) in [6.45, 7) is 1.48. The molecule has 0 radical (unpaired) electrons. The second kappa shape index (κ2) is 11.1. The molecule has 0 fully saturated rings. The van der Waals surface area contributed by atoms with E-state index in [-0.39, 0.29) is 11.8 Å². The van der Waals surface area contributed by atoms with Gasteiger partial charge in [0.15, 0.2) is 0 Å². The average Bonchev–Trinajstić information content (AvgIpc) is 3.03. The van der Waals surface area contributed by atoms with Gasteiger partial charge in [0.2, 0.25) is 0 Å². The molecule has 186 valence electrons. The summed E-state index contributed by atoms with van der Waals surface area (Å²) >= 11 is 0. The standard InChI is InChI=1S/C31H30N4O2/c32-19-5-6-20-35-31(37)34(22-24-11-15-25-7-1-2-8-26(25)21-24)30-10-4-3-9-28(30)29(33-35)18-14-23-12-16-27(36)17-13-23/h1-4,7-18,21,36H,5-6,19-20,22,32H2. The average molecular weight is 491 g/mol. The van der Waals surface area contributed by atoms with E-state index in [1.54, 1.807) is 17.1 Å². The quantitative estimate of drug-likeness (QED) is 0.291. The molecule has 0 unspecified atom stereocenters. The number of benzene rings is 4. The Labute approximate surface area is 216 Å². The number of rotatable bonds is 8. The van der Waals surface area contributed by atoms with Gasteiger partial charge >= 0.3 is 6.03 Å². The number of nitrogens with zero attached hydrogens (tertiary/aromatic N) is 3. The van der Waals surface area contributed by atoms with Crippen molar-refractivity contribution >= 4 is 34.3 Å². The molecule has 2 amide bonds. The Kier molecular flexibility index (Phi) is 7.28. The van der Waals surface area contributed by atoms with Gasteiger partial charge in [-0.1, -0.05) is 72.8 Å². The van der Waals surface area contributed by atoms with Crippen molar-refractivity contribution in [2.45, 2.75) is 19.4 Å². The molecule has 3 N–H and O–H groups in total. The second-order valence-corrected chi connectivity index (χ2v) is 9.10. The summed E-state index contributed by atoms with van der Waals surface area (Å²) in [5.41, 5.74) is 10.1. The number of aromatic hydroxyl groups is 1. The maximum atomic E-state index is 13.9. The van der Waals surface area contributed by atoms with Gasteiger partial charge in [-0.3, -0.25) is 4.90 Å². The van der Waals surface area contributed by atoms with Crippen LogP contribution in [0.15, 0.2) is 102 Å². The molecule has 0 aromatic heterocycles. The summed E-state index contributed by atoms with van der Waals surface area (Å²) in [5, 5.41) is 18.3. The van der Waals surface area contributed by atoms with Crippen molar-refractivity contribution in [1.82, 2.24) is 5.01 Å². The number of nitrogens with two attached hydrogens (primary N) is 1. The maximum Gasteiger partial charge on any atom is 0.345 e. The number of allylic oxidation sites excluding steroid dienone is 1. The number of hydrazone groups is 1. The molecule has 1 heterocycles. The van der Waals surface area contributed by atoms with Crippen molar-refractivity contribution in [3.05, 3.63) is 114 Å². The summed E-state index contributed by atoms with van der Waals surface area (Å²) in [7, 11) is 0. The Hall–Kier alpha value is -4.42. The fourth-order valence-corrected chi connectivity index (χ4v) is 4.50. The molecule has 6 nitrogen and oxygen atoms in total. The number of hydrogen-bond acceptors (Lipinski definition) is 4. The van der Waals surface area contributed by atoms with Crippen molar-refractivity contribution in [3.8, 4) is 5.75 Å². The van der Waals surface area contributed by atoms with Crippen LogP contribution in [0.2, 0.25) is 0 Å². The molecule has 0 atom stereocenters. The predicted molar refractivity (Wildman–Crippen MR) is 151 cm³/mol. The lowest BCUT2D eigenvalue weighted by molar-refractivity contribution is 0.206. The van der Waals surface area contributed by atoms with Gasteiger partial charge in [-0.2, -0.15) is 5.10 Å². The van der Waals surface area contributed by atoms with Crippen LogP contribution in [0.3, 0.4) is 0 Å².